The Morgan fingerprint density at radius 2 is 0.902 bits per heavy atom. The van der Waals surface area contributed by atoms with Crippen LogP contribution in [0.15, 0.2) is 152 Å². The van der Waals surface area contributed by atoms with Crippen LogP contribution in [0.3, 0.4) is 0 Å². The summed E-state index contributed by atoms with van der Waals surface area (Å²) in [4.78, 5) is 52.0. The van der Waals surface area contributed by atoms with Crippen LogP contribution in [0.25, 0.3) is 0 Å². The van der Waals surface area contributed by atoms with Gasteiger partial charge >= 0.3 is 24.4 Å². The number of benzene rings is 6. The molecular weight excluding hydrogens is 781 g/mol. The summed E-state index contributed by atoms with van der Waals surface area (Å²) in [6.45, 7) is 0.736. The van der Waals surface area contributed by atoms with Gasteiger partial charge in [-0.25, -0.2) is 19.2 Å². The molecule has 61 heavy (non-hydrogen) atoms. The molecule has 0 bridgehead atoms. The van der Waals surface area contributed by atoms with Gasteiger partial charge in [-0.15, -0.1) is 0 Å². The number of carbonyl (C=O) groups excluding carboxylic acids is 4. The number of fused-ring (bicyclic) bond motifs is 1. The summed E-state index contributed by atoms with van der Waals surface area (Å²) in [6.07, 6.45) is -5.54. The maximum atomic E-state index is 13.1. The molecule has 14 heteroatoms. The lowest BCUT2D eigenvalue weighted by atomic mass is 9.94. The highest BCUT2D eigenvalue weighted by Gasteiger charge is 2.34. The van der Waals surface area contributed by atoms with E-state index in [1.807, 2.05) is 121 Å². The third-order valence-electron chi connectivity index (χ3n) is 9.39. The average Bonchev–Trinajstić information content (AvgIpc) is 3.28. The Balaban J connectivity index is 1.12. The molecule has 0 unspecified atom stereocenters. The fourth-order valence-electron chi connectivity index (χ4n) is 6.37. The van der Waals surface area contributed by atoms with Crippen molar-refractivity contribution in [1.82, 2.24) is 21.3 Å². The van der Waals surface area contributed by atoms with Crippen molar-refractivity contribution in [2.24, 2.45) is 0 Å². The molecule has 6 aromatic carbocycles. The molecule has 4 amide bonds. The highest BCUT2D eigenvalue weighted by atomic mass is 16.6. The molecule has 1 heterocycles. The monoisotopic (exact) mass is 822 g/mol. The van der Waals surface area contributed by atoms with Gasteiger partial charge in [-0.3, -0.25) is 0 Å². The van der Waals surface area contributed by atoms with Crippen molar-refractivity contribution in [1.29, 1.82) is 0 Å². The lowest BCUT2D eigenvalue weighted by Crippen LogP contribution is -2.32. The van der Waals surface area contributed by atoms with Crippen molar-refractivity contribution in [2.45, 2.75) is 44.8 Å². The second-order valence-electron chi connectivity index (χ2n) is 13.8. The number of nitrogens with one attached hydrogen (secondary N) is 4. The topological polar surface area (TPSA) is 183 Å². The number of carbonyl (C=O) groups is 4. The van der Waals surface area contributed by atoms with E-state index in [4.69, 9.17) is 23.7 Å². The first kappa shape index (κ1) is 41.3. The van der Waals surface area contributed by atoms with E-state index in [-0.39, 0.29) is 61.3 Å². The Labute approximate surface area is 351 Å². The molecule has 1 aliphatic rings. The zero-order chi connectivity index (χ0) is 42.4. The second kappa shape index (κ2) is 20.2. The van der Waals surface area contributed by atoms with Crippen molar-refractivity contribution in [3.05, 3.63) is 185 Å². The van der Waals surface area contributed by atoms with Crippen molar-refractivity contribution < 1.29 is 48.0 Å². The molecule has 0 saturated heterocycles. The minimum absolute atomic E-state index is 0.00389. The second-order valence-corrected chi connectivity index (χ2v) is 13.8. The lowest BCUT2D eigenvalue weighted by molar-refractivity contribution is 0.0197. The molecule has 0 aromatic heterocycles. The largest absolute Gasteiger partial charge is 0.482 e. The standard InChI is InChI=1S/C47H42N4O10/c52-38-26-37-40(24-36(57-44(53)48-27-31-13-5-1-6-14-31)25-41(37)60-46(55)50-29-33-17-9-3-10-18-33)58-43(38)35-21-22-39(59-45(54)49-28-32-15-7-2-8-16-32)42(23-35)61-47(56)51-30-34-19-11-4-12-20-34/h1-25,38,43,52H,26-30H2,(H,48,53)(H,49,54)(H,50,55)(H,51,56)/t38-,43-/m1/s1. The molecule has 0 radical (unpaired) electrons. The molecule has 2 atom stereocenters. The molecule has 0 saturated carbocycles. The van der Waals surface area contributed by atoms with E-state index >= 15 is 0 Å². The highest BCUT2D eigenvalue weighted by Crippen LogP contribution is 2.44. The summed E-state index contributed by atoms with van der Waals surface area (Å²) in [5.41, 5.74) is 4.05. The van der Waals surface area contributed by atoms with E-state index in [0.717, 1.165) is 22.3 Å². The van der Waals surface area contributed by atoms with Gasteiger partial charge in [0.05, 0.1) is 6.10 Å². The smallest absolute Gasteiger partial charge is 0.413 e. The number of hydrogen-bond acceptors (Lipinski definition) is 10. The number of amides is 4. The summed E-state index contributed by atoms with van der Waals surface area (Å²) in [7, 11) is 0. The SMILES string of the molecule is O=C(NCc1ccccc1)Oc1cc(OC(=O)NCc2ccccc2)c2c(c1)O[C@H](c1ccc(OC(=O)NCc3ccccc3)c(OC(=O)NCc3ccccc3)c1)[C@H](O)C2. The van der Waals surface area contributed by atoms with Crippen LogP contribution >= 0.6 is 0 Å². The molecule has 0 aliphatic carbocycles. The van der Waals surface area contributed by atoms with Crippen LogP contribution in [0.5, 0.6) is 28.7 Å². The first-order valence-electron chi connectivity index (χ1n) is 19.4. The van der Waals surface area contributed by atoms with Crippen molar-refractivity contribution in [3.8, 4) is 28.7 Å². The van der Waals surface area contributed by atoms with Crippen LogP contribution in [-0.4, -0.2) is 35.6 Å². The Bertz CT molecular complexity index is 2440. The lowest BCUT2D eigenvalue weighted by Gasteiger charge is -2.32. The molecular formula is C47H42N4O10. The molecule has 5 N–H and O–H groups in total. The van der Waals surface area contributed by atoms with Gasteiger partial charge in [0.1, 0.15) is 23.4 Å². The van der Waals surface area contributed by atoms with Gasteiger partial charge in [0, 0.05) is 50.3 Å². The summed E-state index contributed by atoms with van der Waals surface area (Å²) >= 11 is 0. The Kier molecular flexibility index (Phi) is 13.7. The number of ether oxygens (including phenoxy) is 5. The first-order chi connectivity index (χ1) is 29.8. The Hall–Kier alpha value is -7.84. The average molecular weight is 823 g/mol. The van der Waals surface area contributed by atoms with Crippen LogP contribution in [0, 0.1) is 0 Å². The highest BCUT2D eigenvalue weighted by molar-refractivity contribution is 5.75. The van der Waals surface area contributed by atoms with Gasteiger partial charge in [-0.2, -0.15) is 0 Å². The summed E-state index contributed by atoms with van der Waals surface area (Å²) in [5.74, 6) is -0.0706. The Morgan fingerprint density at radius 1 is 0.492 bits per heavy atom. The van der Waals surface area contributed by atoms with Gasteiger partial charge in [-0.1, -0.05) is 127 Å². The molecule has 6 aromatic rings. The zero-order valence-corrected chi connectivity index (χ0v) is 32.7. The molecule has 0 spiro atoms. The minimum Gasteiger partial charge on any atom is -0.482 e. The first-order valence-corrected chi connectivity index (χ1v) is 19.4. The summed E-state index contributed by atoms with van der Waals surface area (Å²) < 4.78 is 29.0. The maximum absolute atomic E-state index is 13.1. The van der Waals surface area contributed by atoms with E-state index < -0.39 is 36.6 Å². The maximum Gasteiger partial charge on any atom is 0.413 e. The molecule has 310 valence electrons. The number of aliphatic hydroxyl groups excluding tert-OH is 1. The van der Waals surface area contributed by atoms with E-state index in [1.165, 1.54) is 24.3 Å². The molecule has 1 aliphatic heterocycles. The van der Waals surface area contributed by atoms with Crippen molar-refractivity contribution in [3.63, 3.8) is 0 Å². The fourth-order valence-corrected chi connectivity index (χ4v) is 6.37. The summed E-state index contributed by atoms with van der Waals surface area (Å²) in [5, 5.41) is 22.3. The molecule has 7 rings (SSSR count). The zero-order valence-electron chi connectivity index (χ0n) is 32.7. The third-order valence-corrected chi connectivity index (χ3v) is 9.39. The third kappa shape index (κ3) is 11.9. The van der Waals surface area contributed by atoms with E-state index in [2.05, 4.69) is 21.3 Å². The van der Waals surface area contributed by atoms with Crippen molar-refractivity contribution >= 4 is 24.4 Å². The van der Waals surface area contributed by atoms with E-state index in [0.29, 0.717) is 11.1 Å². The summed E-state index contributed by atoms with van der Waals surface area (Å²) in [6, 6.07) is 44.2. The number of aliphatic hydroxyl groups is 1. The van der Waals surface area contributed by atoms with Crippen LogP contribution in [0.1, 0.15) is 39.5 Å². The van der Waals surface area contributed by atoms with E-state index in [1.54, 1.807) is 6.07 Å². The molecule has 0 fully saturated rings. The normalized spacial score (nSPS) is 13.9. The minimum atomic E-state index is -1.22. The fraction of sp³-hybridized carbons (Fsp3) is 0.149. The van der Waals surface area contributed by atoms with Crippen LogP contribution in [-0.2, 0) is 32.6 Å². The van der Waals surface area contributed by atoms with Gasteiger partial charge in [0.2, 0.25) is 0 Å². The number of hydrogen-bond donors (Lipinski definition) is 5. The van der Waals surface area contributed by atoms with Crippen molar-refractivity contribution in [2.75, 3.05) is 0 Å². The van der Waals surface area contributed by atoms with Gasteiger partial charge in [0.25, 0.3) is 0 Å². The van der Waals surface area contributed by atoms with Gasteiger partial charge in [0.15, 0.2) is 11.5 Å². The quantitative estimate of drug-likeness (QED) is 0.0769. The van der Waals surface area contributed by atoms with Gasteiger partial charge in [-0.05, 0) is 39.9 Å². The van der Waals surface area contributed by atoms with Crippen LogP contribution in [0.4, 0.5) is 19.2 Å². The molecule has 14 nitrogen and oxygen atoms in total. The van der Waals surface area contributed by atoms with E-state index in [9.17, 15) is 24.3 Å². The number of rotatable bonds is 13. The Morgan fingerprint density at radius 3 is 1.36 bits per heavy atom. The predicted octanol–water partition coefficient (Wildman–Crippen LogP) is 7.88. The van der Waals surface area contributed by atoms with Crippen LogP contribution in [0.2, 0.25) is 0 Å². The van der Waals surface area contributed by atoms with Crippen LogP contribution < -0.4 is 45.0 Å². The van der Waals surface area contributed by atoms with Gasteiger partial charge < -0.3 is 50.1 Å². The predicted molar refractivity (Wildman–Crippen MR) is 223 cm³/mol.